The summed E-state index contributed by atoms with van der Waals surface area (Å²) in [6.07, 6.45) is 4.71. The Bertz CT molecular complexity index is 765. The SMILES string of the molecule is Cn1c([C@H]2CCCN(C(=O)NCCN3CCCC3)C2)nc2ccccc21. The van der Waals surface area contributed by atoms with E-state index < -0.39 is 0 Å². The fraction of sp³-hybridized carbons (Fsp3) is 0.600. The molecule has 1 aromatic heterocycles. The van der Waals surface area contributed by atoms with Crippen molar-refractivity contribution in [3.05, 3.63) is 30.1 Å². The van der Waals surface area contributed by atoms with Crippen LogP contribution in [0.4, 0.5) is 4.79 Å². The molecule has 0 bridgehead atoms. The second-order valence-corrected chi connectivity index (χ2v) is 7.58. The fourth-order valence-corrected chi connectivity index (χ4v) is 4.34. The van der Waals surface area contributed by atoms with E-state index in [2.05, 4.69) is 40.0 Å². The molecule has 1 aromatic carbocycles. The monoisotopic (exact) mass is 355 g/mol. The van der Waals surface area contributed by atoms with Gasteiger partial charge >= 0.3 is 6.03 Å². The first-order valence-corrected chi connectivity index (χ1v) is 9.89. The molecule has 3 heterocycles. The van der Waals surface area contributed by atoms with Gasteiger partial charge in [-0.25, -0.2) is 9.78 Å². The van der Waals surface area contributed by atoms with Crippen LogP contribution >= 0.6 is 0 Å². The summed E-state index contributed by atoms with van der Waals surface area (Å²) in [5, 5.41) is 3.11. The van der Waals surface area contributed by atoms with Crippen molar-refractivity contribution in [3.63, 3.8) is 0 Å². The normalized spacial score (nSPS) is 21.4. The van der Waals surface area contributed by atoms with E-state index in [1.54, 1.807) is 0 Å². The first-order chi connectivity index (χ1) is 12.7. The number of aryl methyl sites for hydroxylation is 1. The number of likely N-dealkylation sites (tertiary alicyclic amines) is 2. The average Bonchev–Trinajstić information content (AvgIpc) is 3.30. The predicted octanol–water partition coefficient (Wildman–Crippen LogP) is 2.56. The molecule has 140 valence electrons. The second kappa shape index (κ2) is 7.66. The van der Waals surface area contributed by atoms with Crippen molar-refractivity contribution < 1.29 is 4.79 Å². The molecule has 0 unspecified atom stereocenters. The molecule has 4 rings (SSSR count). The number of rotatable bonds is 4. The lowest BCUT2D eigenvalue weighted by atomic mass is 9.97. The molecule has 0 spiro atoms. The lowest BCUT2D eigenvalue weighted by molar-refractivity contribution is 0.176. The summed E-state index contributed by atoms with van der Waals surface area (Å²) in [7, 11) is 2.08. The number of hydrogen-bond donors (Lipinski definition) is 1. The summed E-state index contributed by atoms with van der Waals surface area (Å²) in [6, 6.07) is 8.32. The van der Waals surface area contributed by atoms with Crippen LogP contribution in [0.25, 0.3) is 11.0 Å². The quantitative estimate of drug-likeness (QED) is 0.917. The molecule has 2 fully saturated rings. The van der Waals surface area contributed by atoms with E-state index in [1.807, 2.05) is 11.0 Å². The standard InChI is InChI=1S/C20H29N5O/c1-23-18-9-3-2-8-17(18)22-19(23)16-7-6-13-25(15-16)20(26)21-10-14-24-11-4-5-12-24/h2-3,8-9,16H,4-7,10-15H2,1H3,(H,21,26)/t16-/m0/s1. The zero-order valence-electron chi connectivity index (χ0n) is 15.7. The topological polar surface area (TPSA) is 53.4 Å². The van der Waals surface area contributed by atoms with Gasteiger partial charge in [0.25, 0.3) is 0 Å². The number of carbonyl (C=O) groups is 1. The van der Waals surface area contributed by atoms with Crippen molar-refractivity contribution in [2.45, 2.75) is 31.6 Å². The number of carbonyl (C=O) groups excluding carboxylic acids is 1. The molecule has 2 saturated heterocycles. The number of fused-ring (bicyclic) bond motifs is 1. The highest BCUT2D eigenvalue weighted by molar-refractivity contribution is 5.76. The number of piperidine rings is 1. The van der Waals surface area contributed by atoms with Gasteiger partial charge in [0.2, 0.25) is 0 Å². The van der Waals surface area contributed by atoms with Gasteiger partial charge in [-0.2, -0.15) is 0 Å². The lowest BCUT2D eigenvalue weighted by Gasteiger charge is -2.32. The van der Waals surface area contributed by atoms with Gasteiger partial charge < -0.3 is 19.7 Å². The minimum absolute atomic E-state index is 0.0765. The Morgan fingerprint density at radius 1 is 1.19 bits per heavy atom. The second-order valence-electron chi connectivity index (χ2n) is 7.58. The molecular formula is C20H29N5O. The van der Waals surface area contributed by atoms with E-state index in [0.29, 0.717) is 5.92 Å². The summed E-state index contributed by atoms with van der Waals surface area (Å²) in [5.74, 6) is 1.41. The van der Waals surface area contributed by atoms with Gasteiger partial charge in [-0.1, -0.05) is 12.1 Å². The highest BCUT2D eigenvalue weighted by Crippen LogP contribution is 2.28. The Balaban J connectivity index is 1.37. The summed E-state index contributed by atoms with van der Waals surface area (Å²) in [6.45, 7) is 5.66. The maximum absolute atomic E-state index is 12.6. The Labute approximate surface area is 155 Å². The molecule has 2 amide bonds. The molecule has 26 heavy (non-hydrogen) atoms. The Hall–Kier alpha value is -2.08. The third-order valence-corrected chi connectivity index (χ3v) is 5.80. The number of amides is 2. The van der Waals surface area contributed by atoms with E-state index >= 15 is 0 Å². The molecule has 0 aliphatic carbocycles. The van der Waals surface area contributed by atoms with Crippen LogP contribution in [0.5, 0.6) is 0 Å². The molecule has 0 saturated carbocycles. The van der Waals surface area contributed by atoms with Crippen LogP contribution in [0.2, 0.25) is 0 Å². The molecule has 0 radical (unpaired) electrons. The molecule has 6 heteroatoms. The maximum atomic E-state index is 12.6. The number of nitrogens with one attached hydrogen (secondary N) is 1. The highest BCUT2D eigenvalue weighted by Gasteiger charge is 2.28. The molecule has 6 nitrogen and oxygen atoms in total. The molecule has 2 aromatic rings. The third-order valence-electron chi connectivity index (χ3n) is 5.80. The summed E-state index contributed by atoms with van der Waals surface area (Å²) < 4.78 is 2.19. The van der Waals surface area contributed by atoms with Crippen molar-refractivity contribution in [1.29, 1.82) is 0 Å². The number of imidazole rings is 1. The van der Waals surface area contributed by atoms with Crippen LogP contribution in [-0.2, 0) is 7.05 Å². The Morgan fingerprint density at radius 3 is 2.81 bits per heavy atom. The summed E-state index contributed by atoms with van der Waals surface area (Å²) in [4.78, 5) is 21.8. The van der Waals surface area contributed by atoms with E-state index in [9.17, 15) is 4.79 Å². The van der Waals surface area contributed by atoms with Crippen LogP contribution in [0.3, 0.4) is 0 Å². The van der Waals surface area contributed by atoms with Crippen molar-refractivity contribution >= 4 is 17.1 Å². The minimum atomic E-state index is 0.0765. The summed E-state index contributed by atoms with van der Waals surface area (Å²) >= 11 is 0. The largest absolute Gasteiger partial charge is 0.337 e. The van der Waals surface area contributed by atoms with Crippen molar-refractivity contribution in [3.8, 4) is 0 Å². The van der Waals surface area contributed by atoms with Gasteiger partial charge in [-0.15, -0.1) is 0 Å². The van der Waals surface area contributed by atoms with Crippen molar-refractivity contribution in [2.24, 2.45) is 7.05 Å². The smallest absolute Gasteiger partial charge is 0.317 e. The first kappa shape index (κ1) is 17.3. The number of para-hydroxylation sites is 2. The molecule has 1 N–H and O–H groups in total. The van der Waals surface area contributed by atoms with Crippen LogP contribution in [0.15, 0.2) is 24.3 Å². The molecule has 2 aliphatic rings. The first-order valence-electron chi connectivity index (χ1n) is 9.89. The van der Waals surface area contributed by atoms with Crippen molar-refractivity contribution in [2.75, 3.05) is 39.3 Å². The van der Waals surface area contributed by atoms with E-state index in [0.717, 1.165) is 55.9 Å². The lowest BCUT2D eigenvalue weighted by Crippen LogP contribution is -2.46. The van der Waals surface area contributed by atoms with Crippen LogP contribution in [0, 0.1) is 0 Å². The van der Waals surface area contributed by atoms with Gasteiger partial charge in [0.05, 0.1) is 11.0 Å². The maximum Gasteiger partial charge on any atom is 0.317 e. The van der Waals surface area contributed by atoms with E-state index in [1.165, 1.54) is 25.9 Å². The fourth-order valence-electron chi connectivity index (χ4n) is 4.34. The number of benzene rings is 1. The van der Waals surface area contributed by atoms with Crippen LogP contribution in [0.1, 0.15) is 37.4 Å². The zero-order valence-corrected chi connectivity index (χ0v) is 15.7. The molecule has 1 atom stereocenters. The summed E-state index contributed by atoms with van der Waals surface area (Å²) in [5.41, 5.74) is 2.20. The zero-order chi connectivity index (χ0) is 17.9. The Morgan fingerprint density at radius 2 is 2.00 bits per heavy atom. The number of hydrogen-bond acceptors (Lipinski definition) is 3. The number of urea groups is 1. The number of aromatic nitrogens is 2. The number of nitrogens with zero attached hydrogens (tertiary/aromatic N) is 4. The van der Waals surface area contributed by atoms with Crippen LogP contribution < -0.4 is 5.32 Å². The third kappa shape index (κ3) is 3.56. The van der Waals surface area contributed by atoms with Gasteiger partial charge in [0.1, 0.15) is 5.82 Å². The van der Waals surface area contributed by atoms with Gasteiger partial charge in [0.15, 0.2) is 0 Å². The predicted molar refractivity (Wildman–Crippen MR) is 103 cm³/mol. The van der Waals surface area contributed by atoms with Gasteiger partial charge in [-0.05, 0) is 50.9 Å². The van der Waals surface area contributed by atoms with Crippen molar-refractivity contribution in [1.82, 2.24) is 24.7 Å². The highest BCUT2D eigenvalue weighted by atomic mass is 16.2. The minimum Gasteiger partial charge on any atom is -0.337 e. The average molecular weight is 355 g/mol. The van der Waals surface area contributed by atoms with Gasteiger partial charge in [-0.3, -0.25) is 0 Å². The molecule has 2 aliphatic heterocycles. The van der Waals surface area contributed by atoms with Crippen LogP contribution in [-0.4, -0.2) is 64.7 Å². The Kier molecular flexibility index (Phi) is 5.11. The van der Waals surface area contributed by atoms with E-state index in [-0.39, 0.29) is 6.03 Å². The van der Waals surface area contributed by atoms with Gasteiger partial charge in [0, 0.05) is 39.1 Å². The molecular weight excluding hydrogens is 326 g/mol. The van der Waals surface area contributed by atoms with E-state index in [4.69, 9.17) is 4.98 Å².